The van der Waals surface area contributed by atoms with E-state index in [-0.39, 0.29) is 55.6 Å². The highest BCUT2D eigenvalue weighted by atomic mass is 16.6. The van der Waals surface area contributed by atoms with Crippen LogP contribution in [0.5, 0.6) is 0 Å². The number of alkyl carbamates (subject to hydrolysis) is 1. The first-order valence-electron chi connectivity index (χ1n) is 19.4. The van der Waals surface area contributed by atoms with E-state index < -0.39 is 23.5 Å². The van der Waals surface area contributed by atoms with E-state index in [0.717, 1.165) is 46.3 Å². The minimum absolute atomic E-state index is 0.0278. The summed E-state index contributed by atoms with van der Waals surface area (Å²) in [6.45, 7) is 6.83. The molecule has 1 N–H and O–H groups in total. The molecule has 4 aromatic carbocycles. The van der Waals surface area contributed by atoms with Gasteiger partial charge < -0.3 is 24.6 Å². The summed E-state index contributed by atoms with van der Waals surface area (Å²) >= 11 is 0. The van der Waals surface area contributed by atoms with Crippen molar-refractivity contribution in [3.05, 3.63) is 131 Å². The molecule has 0 saturated carbocycles. The van der Waals surface area contributed by atoms with Gasteiger partial charge in [-0.3, -0.25) is 14.4 Å². The van der Waals surface area contributed by atoms with Crippen molar-refractivity contribution in [2.45, 2.75) is 57.5 Å². The van der Waals surface area contributed by atoms with Crippen LogP contribution in [0.15, 0.2) is 109 Å². The fraction of sp³-hybridized carbons (Fsp3) is 0.391. The highest BCUT2D eigenvalue weighted by Gasteiger charge is 2.41. The second kappa shape index (κ2) is 17.9. The maximum absolute atomic E-state index is 15.0. The molecule has 2 atom stereocenters. The average molecular weight is 744 g/mol. The number of hydrogen-bond acceptors (Lipinski definition) is 7. The third-order valence-corrected chi connectivity index (χ3v) is 10.6. The third kappa shape index (κ3) is 10.1. The van der Waals surface area contributed by atoms with Gasteiger partial charge in [0.05, 0.1) is 18.4 Å². The molecule has 0 aromatic heterocycles. The Kier molecular flexibility index (Phi) is 12.8. The van der Waals surface area contributed by atoms with Crippen LogP contribution in [0.1, 0.15) is 74.1 Å². The number of ketones is 1. The van der Waals surface area contributed by atoms with E-state index in [9.17, 15) is 19.2 Å². The van der Waals surface area contributed by atoms with Crippen LogP contribution in [0.4, 0.5) is 4.79 Å². The fourth-order valence-corrected chi connectivity index (χ4v) is 7.94. The average Bonchev–Trinajstić information content (AvgIpc) is 3.36. The van der Waals surface area contributed by atoms with E-state index in [1.54, 1.807) is 25.7 Å². The van der Waals surface area contributed by atoms with Crippen molar-refractivity contribution >= 4 is 23.8 Å². The summed E-state index contributed by atoms with van der Waals surface area (Å²) in [5.74, 6) is -2.37. The van der Waals surface area contributed by atoms with Crippen molar-refractivity contribution in [1.82, 2.24) is 15.1 Å². The smallest absolute Gasteiger partial charge is 0.408 e. The normalized spacial score (nSPS) is 17.1. The van der Waals surface area contributed by atoms with Crippen LogP contribution < -0.4 is 5.32 Å². The molecule has 9 nitrogen and oxygen atoms in total. The van der Waals surface area contributed by atoms with Gasteiger partial charge in [0.25, 0.3) is 0 Å². The molecular weight excluding hydrogens is 691 g/mol. The van der Waals surface area contributed by atoms with Crippen LogP contribution in [0.2, 0.25) is 0 Å². The van der Waals surface area contributed by atoms with Gasteiger partial charge in [-0.1, -0.05) is 109 Å². The number of rotatable bonds is 13. The largest absolute Gasteiger partial charge is 0.464 e. The van der Waals surface area contributed by atoms with Gasteiger partial charge in [-0.25, -0.2) is 4.79 Å². The van der Waals surface area contributed by atoms with Gasteiger partial charge >= 0.3 is 12.1 Å². The van der Waals surface area contributed by atoms with Gasteiger partial charge in [-0.2, -0.15) is 0 Å². The number of Topliss-reactive ketones (excluding diaryl/α,β-unsaturated/α-hetero) is 1. The maximum Gasteiger partial charge on any atom is 0.408 e. The van der Waals surface area contributed by atoms with Gasteiger partial charge in [-0.05, 0) is 80.6 Å². The van der Waals surface area contributed by atoms with Crippen LogP contribution in [-0.4, -0.2) is 85.5 Å². The minimum atomic E-state index is -0.698. The van der Waals surface area contributed by atoms with E-state index >= 15 is 0 Å². The highest BCUT2D eigenvalue weighted by molar-refractivity contribution is 5.88. The molecule has 1 heterocycles. The van der Waals surface area contributed by atoms with Crippen LogP contribution in [0.3, 0.4) is 0 Å². The fourth-order valence-electron chi connectivity index (χ4n) is 7.94. The number of nitrogens with zero attached hydrogens (tertiary/aromatic N) is 2. The number of amides is 2. The molecule has 1 unspecified atom stereocenters. The van der Waals surface area contributed by atoms with E-state index in [4.69, 9.17) is 9.47 Å². The Morgan fingerprint density at radius 3 is 1.95 bits per heavy atom. The summed E-state index contributed by atoms with van der Waals surface area (Å²) in [5.41, 5.74) is 5.95. The van der Waals surface area contributed by atoms with Crippen LogP contribution in [0.25, 0.3) is 11.1 Å². The highest BCUT2D eigenvalue weighted by Crippen LogP contribution is 2.44. The van der Waals surface area contributed by atoms with E-state index in [0.29, 0.717) is 19.5 Å². The lowest BCUT2D eigenvalue weighted by molar-refractivity contribution is -0.156. The number of hydrogen-bond donors (Lipinski definition) is 1. The molecule has 1 aliphatic carbocycles. The molecule has 2 amide bonds. The van der Waals surface area contributed by atoms with Gasteiger partial charge in [-0.15, -0.1) is 0 Å². The second-order valence-corrected chi connectivity index (χ2v) is 15.8. The second-order valence-electron chi connectivity index (χ2n) is 15.8. The van der Waals surface area contributed by atoms with Crippen molar-refractivity contribution in [2.75, 3.05) is 46.4 Å². The van der Waals surface area contributed by atoms with Gasteiger partial charge in [0.15, 0.2) is 5.78 Å². The Balaban J connectivity index is 1.24. The first kappa shape index (κ1) is 39.4. The quantitative estimate of drug-likeness (QED) is 0.142. The SMILES string of the molecule is CN1CCC[C@@H](C(=O)N(CCC(=O)CNC(=O)OC(C)(C)C)CC(c2ccccc2)c2ccccc2)C(C(=O)OCC2c3ccccc3-c3ccccc32)C1. The molecule has 9 heteroatoms. The Hall–Kier alpha value is -5.28. The summed E-state index contributed by atoms with van der Waals surface area (Å²) < 4.78 is 11.5. The number of fused-ring (bicyclic) bond motifs is 3. The summed E-state index contributed by atoms with van der Waals surface area (Å²) in [6.07, 6.45) is 0.618. The molecule has 55 heavy (non-hydrogen) atoms. The number of likely N-dealkylation sites (tertiary alicyclic amines) is 1. The topological polar surface area (TPSA) is 105 Å². The number of carbonyl (C=O) groups excluding carboxylic acids is 4. The molecule has 0 bridgehead atoms. The van der Waals surface area contributed by atoms with Crippen LogP contribution >= 0.6 is 0 Å². The van der Waals surface area contributed by atoms with Gasteiger partial charge in [0.2, 0.25) is 5.91 Å². The monoisotopic (exact) mass is 743 g/mol. The summed E-state index contributed by atoms with van der Waals surface area (Å²) in [5, 5.41) is 2.55. The minimum Gasteiger partial charge on any atom is -0.464 e. The zero-order chi connectivity index (χ0) is 39.0. The lowest BCUT2D eigenvalue weighted by Crippen LogP contribution is -2.46. The number of carbonyl (C=O) groups is 4. The number of nitrogens with one attached hydrogen (secondary N) is 1. The first-order chi connectivity index (χ1) is 26.5. The van der Waals surface area contributed by atoms with Crippen LogP contribution in [0, 0.1) is 11.8 Å². The zero-order valence-electron chi connectivity index (χ0n) is 32.4. The summed E-state index contributed by atoms with van der Waals surface area (Å²) in [7, 11) is 1.98. The molecule has 1 saturated heterocycles. The summed E-state index contributed by atoms with van der Waals surface area (Å²) in [6, 6.07) is 36.6. The van der Waals surface area contributed by atoms with Gasteiger partial charge in [0, 0.05) is 37.9 Å². The zero-order valence-corrected chi connectivity index (χ0v) is 32.4. The maximum atomic E-state index is 15.0. The molecule has 0 radical (unpaired) electrons. The molecule has 2 aliphatic rings. The first-order valence-corrected chi connectivity index (χ1v) is 19.4. The lowest BCUT2D eigenvalue weighted by Gasteiger charge is -2.33. The Morgan fingerprint density at radius 1 is 0.800 bits per heavy atom. The van der Waals surface area contributed by atoms with Crippen molar-refractivity contribution in [3.8, 4) is 11.1 Å². The third-order valence-electron chi connectivity index (χ3n) is 10.6. The van der Waals surface area contributed by atoms with Crippen molar-refractivity contribution in [3.63, 3.8) is 0 Å². The van der Waals surface area contributed by atoms with Crippen LogP contribution in [-0.2, 0) is 23.9 Å². The van der Waals surface area contributed by atoms with Crippen molar-refractivity contribution < 1.29 is 28.7 Å². The predicted octanol–water partition coefficient (Wildman–Crippen LogP) is 7.44. The molecular formula is C46H53N3O6. The molecule has 0 spiro atoms. The van der Waals surface area contributed by atoms with Crippen molar-refractivity contribution in [2.24, 2.45) is 11.8 Å². The Bertz CT molecular complexity index is 1860. The van der Waals surface area contributed by atoms with Crippen molar-refractivity contribution in [1.29, 1.82) is 0 Å². The number of ether oxygens (including phenoxy) is 2. The van der Waals surface area contributed by atoms with E-state index in [2.05, 4.69) is 58.7 Å². The van der Waals surface area contributed by atoms with E-state index in [1.165, 1.54) is 0 Å². The predicted molar refractivity (Wildman–Crippen MR) is 214 cm³/mol. The number of esters is 1. The van der Waals surface area contributed by atoms with E-state index in [1.807, 2.05) is 67.7 Å². The lowest BCUT2D eigenvalue weighted by atomic mass is 9.86. The molecule has 288 valence electrons. The Labute approximate surface area is 325 Å². The molecule has 4 aromatic rings. The Morgan fingerprint density at radius 2 is 1.36 bits per heavy atom. The molecule has 1 fully saturated rings. The standard InChI is InChI=1S/C46H53N3O6/c1-46(2,3)55-45(53)47-28-34(50)25-27-49(30-40(32-16-7-5-8-17-32)33-18-9-6-10-19-33)43(51)39-24-15-26-48(4)29-41(39)44(52)54-31-42-37-22-13-11-20-35(37)36-21-12-14-23-38(36)42/h5-14,16-23,39-42H,15,24-31H2,1-4H3,(H,47,53)/t39-,41?/m1/s1. The number of benzene rings is 4. The molecule has 6 rings (SSSR count). The van der Waals surface area contributed by atoms with Gasteiger partial charge in [0.1, 0.15) is 12.2 Å². The summed E-state index contributed by atoms with van der Waals surface area (Å²) in [4.78, 5) is 58.6. The molecule has 1 aliphatic heterocycles.